The van der Waals surface area contributed by atoms with Crippen molar-refractivity contribution in [2.75, 3.05) is 6.54 Å². The zero-order valence-electron chi connectivity index (χ0n) is 9.29. The van der Waals surface area contributed by atoms with E-state index in [-0.39, 0.29) is 11.9 Å². The lowest BCUT2D eigenvalue weighted by Crippen LogP contribution is -2.35. The molecule has 0 aromatic heterocycles. The maximum Gasteiger partial charge on any atom is 0.251 e. The first-order valence-electron chi connectivity index (χ1n) is 5.26. The van der Waals surface area contributed by atoms with Crippen molar-refractivity contribution in [1.82, 2.24) is 5.32 Å². The first-order chi connectivity index (χ1) is 7.13. The molecule has 1 amide bonds. The molecule has 0 radical (unpaired) electrons. The van der Waals surface area contributed by atoms with Gasteiger partial charge in [-0.05, 0) is 31.0 Å². The molecule has 1 unspecified atom stereocenters. The lowest BCUT2D eigenvalue weighted by molar-refractivity contribution is 0.0951. The number of rotatable bonds is 4. The predicted octanol–water partition coefficient (Wildman–Crippen LogP) is 1.33. The van der Waals surface area contributed by atoms with Crippen LogP contribution in [0.3, 0.4) is 0 Å². The molecule has 0 aliphatic rings. The molecule has 3 N–H and O–H groups in total. The summed E-state index contributed by atoms with van der Waals surface area (Å²) in [5, 5.41) is 2.77. The van der Waals surface area contributed by atoms with E-state index in [4.69, 9.17) is 5.73 Å². The van der Waals surface area contributed by atoms with Crippen LogP contribution in [-0.2, 0) is 6.42 Å². The fourth-order valence-electron chi connectivity index (χ4n) is 1.25. The molecule has 82 valence electrons. The Balaban J connectivity index is 2.58. The Morgan fingerprint density at radius 2 is 2.00 bits per heavy atom. The highest BCUT2D eigenvalue weighted by Crippen LogP contribution is 2.04. The smallest absolute Gasteiger partial charge is 0.251 e. The van der Waals surface area contributed by atoms with Gasteiger partial charge in [-0.3, -0.25) is 4.79 Å². The molecule has 1 atom stereocenters. The molecular formula is C12H18N2O. The lowest BCUT2D eigenvalue weighted by atomic mass is 10.1. The van der Waals surface area contributed by atoms with Crippen LogP contribution in [0.15, 0.2) is 24.3 Å². The Labute approximate surface area is 90.7 Å². The highest BCUT2D eigenvalue weighted by molar-refractivity contribution is 5.94. The van der Waals surface area contributed by atoms with Crippen LogP contribution >= 0.6 is 0 Å². The van der Waals surface area contributed by atoms with Crippen molar-refractivity contribution in [3.8, 4) is 0 Å². The molecule has 0 aliphatic heterocycles. The summed E-state index contributed by atoms with van der Waals surface area (Å²) in [5.41, 5.74) is 7.47. The SMILES string of the molecule is CCc1ccc(C(=O)NCC(C)N)cc1. The fraction of sp³-hybridized carbons (Fsp3) is 0.417. The third-order valence-corrected chi connectivity index (χ3v) is 2.21. The molecule has 0 spiro atoms. The maximum atomic E-state index is 11.6. The average molecular weight is 206 g/mol. The van der Waals surface area contributed by atoms with Crippen LogP contribution in [0.2, 0.25) is 0 Å². The van der Waals surface area contributed by atoms with E-state index in [1.165, 1.54) is 5.56 Å². The molecule has 0 aliphatic carbocycles. The normalized spacial score (nSPS) is 12.2. The number of aryl methyl sites for hydroxylation is 1. The van der Waals surface area contributed by atoms with E-state index < -0.39 is 0 Å². The molecule has 1 aromatic rings. The summed E-state index contributed by atoms with van der Waals surface area (Å²) in [5.74, 6) is -0.0602. The van der Waals surface area contributed by atoms with E-state index >= 15 is 0 Å². The number of amides is 1. The maximum absolute atomic E-state index is 11.6. The van der Waals surface area contributed by atoms with Crippen LogP contribution in [0.5, 0.6) is 0 Å². The highest BCUT2D eigenvalue weighted by atomic mass is 16.1. The molecule has 15 heavy (non-hydrogen) atoms. The van der Waals surface area contributed by atoms with Gasteiger partial charge in [-0.15, -0.1) is 0 Å². The Bertz CT molecular complexity index is 317. The minimum atomic E-state index is -0.0602. The fourth-order valence-corrected chi connectivity index (χ4v) is 1.25. The van der Waals surface area contributed by atoms with E-state index in [0.29, 0.717) is 12.1 Å². The van der Waals surface area contributed by atoms with Crippen molar-refractivity contribution in [2.24, 2.45) is 5.73 Å². The van der Waals surface area contributed by atoms with E-state index in [9.17, 15) is 4.79 Å². The first-order valence-corrected chi connectivity index (χ1v) is 5.26. The van der Waals surface area contributed by atoms with Gasteiger partial charge in [0, 0.05) is 18.2 Å². The number of carbonyl (C=O) groups is 1. The number of carbonyl (C=O) groups excluding carboxylic acids is 1. The minimum Gasteiger partial charge on any atom is -0.350 e. The van der Waals surface area contributed by atoms with Crippen LogP contribution in [0.1, 0.15) is 29.8 Å². The van der Waals surface area contributed by atoms with Crippen LogP contribution in [0.25, 0.3) is 0 Å². The van der Waals surface area contributed by atoms with Crippen LogP contribution in [0.4, 0.5) is 0 Å². The number of hydrogen-bond donors (Lipinski definition) is 2. The zero-order chi connectivity index (χ0) is 11.3. The van der Waals surface area contributed by atoms with Gasteiger partial charge in [-0.1, -0.05) is 19.1 Å². The molecule has 1 rings (SSSR count). The largest absolute Gasteiger partial charge is 0.350 e. The topological polar surface area (TPSA) is 55.1 Å². The Morgan fingerprint density at radius 3 is 2.47 bits per heavy atom. The van der Waals surface area contributed by atoms with E-state index in [0.717, 1.165) is 6.42 Å². The van der Waals surface area contributed by atoms with E-state index in [2.05, 4.69) is 12.2 Å². The van der Waals surface area contributed by atoms with Gasteiger partial charge in [0.25, 0.3) is 5.91 Å². The highest BCUT2D eigenvalue weighted by Gasteiger charge is 2.04. The third kappa shape index (κ3) is 3.72. The van der Waals surface area contributed by atoms with Crippen molar-refractivity contribution in [3.05, 3.63) is 35.4 Å². The Hall–Kier alpha value is -1.35. The summed E-state index contributed by atoms with van der Waals surface area (Å²) in [6.45, 7) is 4.46. The monoisotopic (exact) mass is 206 g/mol. The molecule has 3 nitrogen and oxygen atoms in total. The number of nitrogens with one attached hydrogen (secondary N) is 1. The number of benzene rings is 1. The first kappa shape index (κ1) is 11.7. The van der Waals surface area contributed by atoms with Gasteiger partial charge in [-0.2, -0.15) is 0 Å². The zero-order valence-corrected chi connectivity index (χ0v) is 9.29. The van der Waals surface area contributed by atoms with Crippen molar-refractivity contribution < 1.29 is 4.79 Å². The lowest BCUT2D eigenvalue weighted by Gasteiger charge is -2.07. The van der Waals surface area contributed by atoms with Crippen LogP contribution in [-0.4, -0.2) is 18.5 Å². The van der Waals surface area contributed by atoms with Crippen molar-refractivity contribution >= 4 is 5.91 Å². The predicted molar refractivity (Wildman–Crippen MR) is 61.8 cm³/mol. The van der Waals surface area contributed by atoms with E-state index in [1.54, 1.807) is 0 Å². The second-order valence-corrected chi connectivity index (χ2v) is 3.74. The van der Waals surface area contributed by atoms with Crippen LogP contribution < -0.4 is 11.1 Å². The van der Waals surface area contributed by atoms with Gasteiger partial charge in [0.05, 0.1) is 0 Å². The van der Waals surface area contributed by atoms with Crippen LogP contribution in [0, 0.1) is 0 Å². The van der Waals surface area contributed by atoms with Gasteiger partial charge < -0.3 is 11.1 Å². The molecular weight excluding hydrogens is 188 g/mol. The standard InChI is InChI=1S/C12H18N2O/c1-3-10-4-6-11(7-5-10)12(15)14-8-9(2)13/h4-7,9H,3,8,13H2,1-2H3,(H,14,15). The molecule has 0 heterocycles. The quantitative estimate of drug-likeness (QED) is 0.780. The Kier molecular flexibility index (Phi) is 4.31. The van der Waals surface area contributed by atoms with Gasteiger partial charge >= 0.3 is 0 Å². The number of nitrogens with two attached hydrogens (primary N) is 1. The van der Waals surface area contributed by atoms with Gasteiger partial charge in [0.2, 0.25) is 0 Å². The summed E-state index contributed by atoms with van der Waals surface area (Å²) >= 11 is 0. The third-order valence-electron chi connectivity index (χ3n) is 2.21. The minimum absolute atomic E-state index is 0.0103. The summed E-state index contributed by atoms with van der Waals surface area (Å²) in [6.07, 6.45) is 0.988. The Morgan fingerprint density at radius 1 is 1.40 bits per heavy atom. The van der Waals surface area contributed by atoms with Gasteiger partial charge in [0.1, 0.15) is 0 Å². The summed E-state index contributed by atoms with van der Waals surface area (Å²) in [4.78, 5) is 11.6. The molecule has 3 heteroatoms. The van der Waals surface area contributed by atoms with Crippen molar-refractivity contribution in [2.45, 2.75) is 26.3 Å². The molecule has 0 saturated carbocycles. The van der Waals surface area contributed by atoms with Crippen molar-refractivity contribution in [1.29, 1.82) is 0 Å². The average Bonchev–Trinajstić information content (AvgIpc) is 2.26. The summed E-state index contributed by atoms with van der Waals surface area (Å²) in [7, 11) is 0. The van der Waals surface area contributed by atoms with Gasteiger partial charge in [0.15, 0.2) is 0 Å². The second-order valence-electron chi connectivity index (χ2n) is 3.74. The van der Waals surface area contributed by atoms with Crippen molar-refractivity contribution in [3.63, 3.8) is 0 Å². The molecule has 1 aromatic carbocycles. The number of hydrogen-bond acceptors (Lipinski definition) is 2. The molecule has 0 fully saturated rings. The summed E-state index contributed by atoms with van der Waals surface area (Å²) in [6, 6.07) is 7.62. The molecule has 0 saturated heterocycles. The van der Waals surface area contributed by atoms with Gasteiger partial charge in [-0.25, -0.2) is 0 Å². The molecule has 0 bridgehead atoms. The second kappa shape index (κ2) is 5.51. The van der Waals surface area contributed by atoms with E-state index in [1.807, 2.05) is 31.2 Å². The summed E-state index contributed by atoms with van der Waals surface area (Å²) < 4.78 is 0.